The molecule has 2 rings (SSSR count). The van der Waals surface area contributed by atoms with E-state index in [0.29, 0.717) is 6.54 Å². The smallest absolute Gasteiger partial charge is 0.223 e. The molecule has 4 nitrogen and oxygen atoms in total. The van der Waals surface area contributed by atoms with E-state index in [0.717, 1.165) is 31.0 Å². The number of aromatic hydroxyl groups is 1. The molecule has 1 aliphatic rings. The first kappa shape index (κ1) is 14.1. The molecule has 0 saturated carbocycles. The highest BCUT2D eigenvalue weighted by Crippen LogP contribution is 2.19. The van der Waals surface area contributed by atoms with Crippen molar-refractivity contribution in [2.24, 2.45) is 0 Å². The van der Waals surface area contributed by atoms with Crippen LogP contribution in [0.25, 0.3) is 0 Å². The number of hydrogen-bond acceptors (Lipinski definition) is 3. The van der Waals surface area contributed by atoms with Crippen molar-refractivity contribution in [3.8, 4) is 5.75 Å². The normalized spacial score (nSPS) is 17.4. The summed E-state index contributed by atoms with van der Waals surface area (Å²) in [6.45, 7) is 7.55. The molecule has 1 aliphatic heterocycles. The van der Waals surface area contributed by atoms with Crippen molar-refractivity contribution >= 4 is 0 Å². The number of hydrogen-bond donors (Lipinski definition) is 1. The average Bonchev–Trinajstić information content (AvgIpc) is 2.64. The van der Waals surface area contributed by atoms with E-state index in [9.17, 15) is 9.90 Å². The summed E-state index contributed by atoms with van der Waals surface area (Å²) >= 11 is 0. The zero-order chi connectivity index (χ0) is 13.8. The molecular weight excluding hydrogens is 240 g/mol. The molecule has 1 saturated heterocycles. The van der Waals surface area contributed by atoms with Gasteiger partial charge in [0.15, 0.2) is 5.75 Å². The van der Waals surface area contributed by atoms with Crippen molar-refractivity contribution in [3.63, 3.8) is 0 Å². The first-order valence-electron chi connectivity index (χ1n) is 7.28. The van der Waals surface area contributed by atoms with Crippen molar-refractivity contribution < 1.29 is 5.11 Å². The predicted octanol–water partition coefficient (Wildman–Crippen LogP) is 2.26. The Morgan fingerprint density at radius 3 is 2.42 bits per heavy atom. The summed E-state index contributed by atoms with van der Waals surface area (Å²) in [5, 5.41) is 10.1. The molecule has 1 aromatic rings. The molecule has 0 amide bonds. The fraction of sp³-hybridized carbons (Fsp3) is 0.667. The molecule has 4 heteroatoms. The Morgan fingerprint density at radius 2 is 1.84 bits per heavy atom. The maximum absolute atomic E-state index is 11.8. The van der Waals surface area contributed by atoms with Crippen LogP contribution in [0.5, 0.6) is 5.75 Å². The second-order valence-electron chi connectivity index (χ2n) is 5.38. The van der Waals surface area contributed by atoms with Gasteiger partial charge in [0.2, 0.25) is 5.43 Å². The maximum Gasteiger partial charge on any atom is 0.223 e. The van der Waals surface area contributed by atoms with Gasteiger partial charge in [0.1, 0.15) is 0 Å². The fourth-order valence-corrected chi connectivity index (χ4v) is 2.93. The Balaban J connectivity index is 2.29. The highest BCUT2D eigenvalue weighted by atomic mass is 16.3. The van der Waals surface area contributed by atoms with Gasteiger partial charge in [-0.2, -0.15) is 0 Å². The Hall–Kier alpha value is -1.29. The summed E-state index contributed by atoms with van der Waals surface area (Å²) in [6, 6.07) is 1.52. The molecule has 0 aliphatic carbocycles. The van der Waals surface area contributed by atoms with Crippen LogP contribution >= 0.6 is 0 Å². The molecule has 19 heavy (non-hydrogen) atoms. The molecule has 0 spiro atoms. The number of nitrogens with zero attached hydrogens (tertiary/aromatic N) is 2. The Labute approximate surface area is 114 Å². The predicted molar refractivity (Wildman–Crippen MR) is 76.5 cm³/mol. The zero-order valence-electron chi connectivity index (χ0n) is 12.0. The molecule has 0 atom stereocenters. The lowest BCUT2D eigenvalue weighted by Gasteiger charge is -2.24. The largest absolute Gasteiger partial charge is 0.503 e. The molecule has 2 heterocycles. The van der Waals surface area contributed by atoms with E-state index in [1.165, 1.54) is 31.7 Å². The first-order chi connectivity index (χ1) is 9.13. The standard InChI is InChI=1S/C15H24N2O2/c1-3-17-12(2)10-14(18)15(19)13(17)11-16-8-6-4-5-7-9-16/h10,19H,3-9,11H2,1-2H3. The van der Waals surface area contributed by atoms with Crippen LogP contribution in [0.3, 0.4) is 0 Å². The van der Waals surface area contributed by atoms with Crippen LogP contribution in [0.2, 0.25) is 0 Å². The van der Waals surface area contributed by atoms with Gasteiger partial charge in [-0.3, -0.25) is 9.69 Å². The summed E-state index contributed by atoms with van der Waals surface area (Å²) in [6.07, 6.45) is 5.00. The van der Waals surface area contributed by atoms with Gasteiger partial charge in [0, 0.05) is 24.8 Å². The molecule has 1 fully saturated rings. The van der Waals surface area contributed by atoms with E-state index in [1.807, 2.05) is 18.4 Å². The van der Waals surface area contributed by atoms with Gasteiger partial charge in [0.05, 0.1) is 5.69 Å². The number of pyridine rings is 1. The van der Waals surface area contributed by atoms with Crippen LogP contribution in [0, 0.1) is 6.92 Å². The lowest BCUT2D eigenvalue weighted by atomic mass is 10.2. The summed E-state index contributed by atoms with van der Waals surface area (Å²) in [5.41, 5.74) is 1.44. The lowest BCUT2D eigenvalue weighted by Crippen LogP contribution is -2.28. The lowest BCUT2D eigenvalue weighted by molar-refractivity contribution is 0.263. The van der Waals surface area contributed by atoms with Crippen LogP contribution in [0.15, 0.2) is 10.9 Å². The van der Waals surface area contributed by atoms with Crippen molar-refractivity contribution in [2.75, 3.05) is 13.1 Å². The SMILES string of the molecule is CCn1c(C)cc(=O)c(O)c1CN1CCCCCC1. The van der Waals surface area contributed by atoms with E-state index in [4.69, 9.17) is 0 Å². The van der Waals surface area contributed by atoms with E-state index in [1.54, 1.807) is 0 Å². The Bertz CT molecular complexity index is 486. The minimum absolute atomic E-state index is 0.0725. The average molecular weight is 264 g/mol. The Morgan fingerprint density at radius 1 is 1.21 bits per heavy atom. The van der Waals surface area contributed by atoms with Crippen molar-refractivity contribution in [2.45, 2.75) is 52.6 Å². The zero-order valence-corrected chi connectivity index (χ0v) is 12.0. The quantitative estimate of drug-likeness (QED) is 0.911. The molecular formula is C15H24N2O2. The highest BCUT2D eigenvalue weighted by Gasteiger charge is 2.16. The monoisotopic (exact) mass is 264 g/mol. The number of aromatic nitrogens is 1. The van der Waals surface area contributed by atoms with Gasteiger partial charge in [-0.15, -0.1) is 0 Å². The third kappa shape index (κ3) is 3.18. The molecule has 0 aromatic carbocycles. The van der Waals surface area contributed by atoms with Crippen LogP contribution in [0.1, 0.15) is 44.0 Å². The van der Waals surface area contributed by atoms with Gasteiger partial charge in [-0.05, 0) is 39.8 Å². The number of aryl methyl sites for hydroxylation is 1. The van der Waals surface area contributed by atoms with Crippen LogP contribution in [-0.2, 0) is 13.1 Å². The van der Waals surface area contributed by atoms with Crippen LogP contribution < -0.4 is 5.43 Å². The minimum atomic E-state index is -0.257. The summed E-state index contributed by atoms with van der Waals surface area (Å²) in [7, 11) is 0. The topological polar surface area (TPSA) is 45.5 Å². The second-order valence-corrected chi connectivity index (χ2v) is 5.38. The summed E-state index contributed by atoms with van der Waals surface area (Å²) in [5.74, 6) is -0.0725. The van der Waals surface area contributed by atoms with Crippen molar-refractivity contribution in [1.29, 1.82) is 0 Å². The fourth-order valence-electron chi connectivity index (χ4n) is 2.93. The molecule has 0 unspecified atom stereocenters. The van der Waals surface area contributed by atoms with Gasteiger partial charge in [0.25, 0.3) is 0 Å². The second kappa shape index (κ2) is 6.24. The van der Waals surface area contributed by atoms with Gasteiger partial charge < -0.3 is 9.67 Å². The van der Waals surface area contributed by atoms with Gasteiger partial charge >= 0.3 is 0 Å². The minimum Gasteiger partial charge on any atom is -0.503 e. The highest BCUT2D eigenvalue weighted by molar-refractivity contribution is 5.29. The molecule has 0 bridgehead atoms. The van der Waals surface area contributed by atoms with Crippen LogP contribution in [-0.4, -0.2) is 27.7 Å². The Kier molecular flexibility index (Phi) is 4.64. The first-order valence-corrected chi connectivity index (χ1v) is 7.28. The van der Waals surface area contributed by atoms with Crippen LogP contribution in [0.4, 0.5) is 0 Å². The molecule has 1 N–H and O–H groups in total. The number of rotatable bonds is 3. The van der Waals surface area contributed by atoms with E-state index in [2.05, 4.69) is 4.90 Å². The van der Waals surface area contributed by atoms with E-state index < -0.39 is 0 Å². The number of likely N-dealkylation sites (tertiary alicyclic amines) is 1. The van der Waals surface area contributed by atoms with Gasteiger partial charge in [-0.1, -0.05) is 12.8 Å². The molecule has 106 valence electrons. The van der Waals surface area contributed by atoms with Crippen molar-refractivity contribution in [3.05, 3.63) is 27.7 Å². The third-order valence-electron chi connectivity index (χ3n) is 3.99. The third-order valence-corrected chi connectivity index (χ3v) is 3.99. The van der Waals surface area contributed by atoms with Crippen molar-refractivity contribution in [1.82, 2.24) is 9.47 Å². The molecule has 1 aromatic heterocycles. The van der Waals surface area contributed by atoms with E-state index in [-0.39, 0.29) is 11.2 Å². The summed E-state index contributed by atoms with van der Waals surface area (Å²) in [4.78, 5) is 14.1. The maximum atomic E-state index is 11.8. The van der Waals surface area contributed by atoms with E-state index >= 15 is 0 Å². The summed E-state index contributed by atoms with van der Waals surface area (Å²) < 4.78 is 2.04. The van der Waals surface area contributed by atoms with Gasteiger partial charge in [-0.25, -0.2) is 0 Å². The molecule has 0 radical (unpaired) electrons.